The Bertz CT molecular complexity index is 1040. The van der Waals surface area contributed by atoms with Crippen molar-refractivity contribution < 1.29 is 14.0 Å². The van der Waals surface area contributed by atoms with Crippen LogP contribution in [-0.4, -0.2) is 34.8 Å². The maximum absolute atomic E-state index is 13.9. The van der Waals surface area contributed by atoms with E-state index in [1.54, 1.807) is 42.5 Å². The summed E-state index contributed by atoms with van der Waals surface area (Å²) < 4.78 is 13.9. The molecule has 5 nitrogen and oxygen atoms in total. The van der Waals surface area contributed by atoms with Crippen molar-refractivity contribution in [3.8, 4) is 10.6 Å². The topological polar surface area (TPSA) is 62.3 Å². The number of carbonyl (C=O) groups excluding carboxylic acids is 2. The second-order valence-corrected chi connectivity index (χ2v) is 8.28. The molecule has 1 aliphatic heterocycles. The molecular weight excluding hydrogens is 401 g/mol. The van der Waals surface area contributed by atoms with Crippen LogP contribution in [0.3, 0.4) is 0 Å². The van der Waals surface area contributed by atoms with Crippen molar-refractivity contribution in [1.82, 2.24) is 9.88 Å². The van der Waals surface area contributed by atoms with Crippen molar-refractivity contribution >= 4 is 28.8 Å². The monoisotopic (exact) mass is 423 g/mol. The molecule has 3 aromatic rings. The number of carbonyl (C=O) groups is 2. The lowest BCUT2D eigenvalue weighted by atomic mass is 10.1. The smallest absolute Gasteiger partial charge is 0.267 e. The molecule has 1 aliphatic rings. The molecule has 7 heteroatoms. The normalized spacial score (nSPS) is 14.2. The third-order valence-corrected chi connectivity index (χ3v) is 6.15. The van der Waals surface area contributed by atoms with E-state index in [9.17, 15) is 14.0 Å². The Labute approximate surface area is 178 Å². The molecule has 4 rings (SSSR count). The number of likely N-dealkylation sites (tertiary alicyclic amines) is 1. The number of anilines is 1. The maximum Gasteiger partial charge on any atom is 0.267 e. The van der Waals surface area contributed by atoms with Crippen LogP contribution < -0.4 is 5.32 Å². The number of amides is 2. The number of halogens is 1. The first kappa shape index (κ1) is 20.2. The molecule has 0 aliphatic carbocycles. The quantitative estimate of drug-likeness (QED) is 0.626. The van der Waals surface area contributed by atoms with Crippen molar-refractivity contribution in [1.29, 1.82) is 0 Å². The van der Waals surface area contributed by atoms with Crippen LogP contribution in [0.1, 0.15) is 45.7 Å². The van der Waals surface area contributed by atoms with Crippen LogP contribution in [0.4, 0.5) is 10.1 Å². The molecule has 2 aromatic carbocycles. The molecule has 1 saturated heterocycles. The van der Waals surface area contributed by atoms with Gasteiger partial charge in [-0.15, -0.1) is 11.3 Å². The van der Waals surface area contributed by atoms with Crippen molar-refractivity contribution in [3.63, 3.8) is 0 Å². The average Bonchev–Trinajstić information content (AvgIpc) is 3.09. The average molecular weight is 424 g/mol. The summed E-state index contributed by atoms with van der Waals surface area (Å²) in [6, 6.07) is 13.3. The Hall–Kier alpha value is -3.06. The van der Waals surface area contributed by atoms with Gasteiger partial charge in [0.05, 0.1) is 6.20 Å². The Morgan fingerprint density at radius 3 is 2.37 bits per heavy atom. The van der Waals surface area contributed by atoms with E-state index in [2.05, 4.69) is 10.3 Å². The number of rotatable bonds is 4. The highest BCUT2D eigenvalue weighted by atomic mass is 32.1. The Balaban J connectivity index is 1.42. The second-order valence-electron chi connectivity index (χ2n) is 7.25. The molecule has 0 unspecified atom stereocenters. The number of nitrogens with one attached hydrogen (secondary N) is 1. The summed E-state index contributed by atoms with van der Waals surface area (Å²) >= 11 is 1.13. The maximum atomic E-state index is 13.9. The van der Waals surface area contributed by atoms with Gasteiger partial charge >= 0.3 is 0 Å². The summed E-state index contributed by atoms with van der Waals surface area (Å²) in [5.74, 6) is -0.656. The highest BCUT2D eigenvalue weighted by Crippen LogP contribution is 2.27. The molecule has 154 valence electrons. The van der Waals surface area contributed by atoms with Gasteiger partial charge in [-0.05, 0) is 49.2 Å². The Kier molecular flexibility index (Phi) is 6.18. The largest absolute Gasteiger partial charge is 0.339 e. The van der Waals surface area contributed by atoms with Crippen LogP contribution in [0.25, 0.3) is 10.6 Å². The van der Waals surface area contributed by atoms with Crippen LogP contribution in [0, 0.1) is 5.82 Å². The number of nitrogens with zero attached hydrogens (tertiary/aromatic N) is 2. The molecule has 0 spiro atoms. The zero-order valence-corrected chi connectivity index (χ0v) is 17.3. The number of aromatic nitrogens is 1. The first-order valence-corrected chi connectivity index (χ1v) is 10.8. The first-order valence-electron chi connectivity index (χ1n) is 10.0. The summed E-state index contributed by atoms with van der Waals surface area (Å²) in [7, 11) is 0. The lowest BCUT2D eigenvalue weighted by Crippen LogP contribution is -2.31. The molecular formula is C23H22FN3O2S. The fourth-order valence-electron chi connectivity index (χ4n) is 3.48. The van der Waals surface area contributed by atoms with E-state index < -0.39 is 0 Å². The minimum Gasteiger partial charge on any atom is -0.339 e. The minimum absolute atomic E-state index is 0.0340. The van der Waals surface area contributed by atoms with Crippen LogP contribution in [0.5, 0.6) is 0 Å². The molecule has 1 aromatic heterocycles. The van der Waals surface area contributed by atoms with E-state index in [-0.39, 0.29) is 17.6 Å². The molecule has 2 heterocycles. The zero-order chi connectivity index (χ0) is 20.9. The predicted molar refractivity (Wildman–Crippen MR) is 116 cm³/mol. The van der Waals surface area contributed by atoms with Crippen LogP contribution >= 0.6 is 11.3 Å². The van der Waals surface area contributed by atoms with Gasteiger partial charge in [0.15, 0.2) is 0 Å². The van der Waals surface area contributed by atoms with E-state index in [1.165, 1.54) is 25.1 Å². The van der Waals surface area contributed by atoms with Gasteiger partial charge in [-0.25, -0.2) is 9.37 Å². The highest BCUT2D eigenvalue weighted by Gasteiger charge is 2.18. The molecule has 1 N–H and O–H groups in total. The van der Waals surface area contributed by atoms with Crippen molar-refractivity contribution in [2.75, 3.05) is 18.4 Å². The van der Waals surface area contributed by atoms with E-state index >= 15 is 0 Å². The van der Waals surface area contributed by atoms with Gasteiger partial charge in [-0.2, -0.15) is 0 Å². The number of hydrogen-bond donors (Lipinski definition) is 1. The standard InChI is InChI=1S/C23H22FN3O2S/c24-19-8-4-3-7-18(19)22-25-15-20(30-22)21(28)26-17-11-9-16(10-12-17)23(29)27-13-5-1-2-6-14-27/h3-4,7-12,15H,1-2,5-6,13-14H2,(H,26,28). The van der Waals surface area contributed by atoms with Gasteiger partial charge in [0, 0.05) is 29.9 Å². The highest BCUT2D eigenvalue weighted by molar-refractivity contribution is 7.17. The lowest BCUT2D eigenvalue weighted by Gasteiger charge is -2.20. The molecule has 0 radical (unpaired) electrons. The lowest BCUT2D eigenvalue weighted by molar-refractivity contribution is 0.0761. The summed E-state index contributed by atoms with van der Waals surface area (Å²) in [5, 5.41) is 3.26. The Morgan fingerprint density at radius 1 is 0.967 bits per heavy atom. The second kappa shape index (κ2) is 9.17. The fraction of sp³-hybridized carbons (Fsp3) is 0.261. The van der Waals surface area contributed by atoms with E-state index in [0.717, 1.165) is 37.3 Å². The third-order valence-electron chi connectivity index (χ3n) is 5.12. The summed E-state index contributed by atoms with van der Waals surface area (Å²) in [6.07, 6.45) is 5.88. The number of benzene rings is 2. The predicted octanol–water partition coefficient (Wildman–Crippen LogP) is 5.22. The van der Waals surface area contributed by atoms with Gasteiger partial charge in [0.2, 0.25) is 0 Å². The van der Waals surface area contributed by atoms with Crippen LogP contribution in [-0.2, 0) is 0 Å². The van der Waals surface area contributed by atoms with Crippen molar-refractivity contribution in [3.05, 3.63) is 71.0 Å². The molecule has 0 saturated carbocycles. The van der Waals surface area contributed by atoms with E-state index in [1.807, 2.05) is 4.90 Å². The fourth-order valence-corrected chi connectivity index (χ4v) is 4.32. The van der Waals surface area contributed by atoms with Crippen LogP contribution in [0.15, 0.2) is 54.7 Å². The molecule has 2 amide bonds. The van der Waals surface area contributed by atoms with Gasteiger partial charge in [-0.1, -0.05) is 25.0 Å². The van der Waals surface area contributed by atoms with Gasteiger partial charge in [0.25, 0.3) is 11.8 Å². The van der Waals surface area contributed by atoms with Gasteiger partial charge < -0.3 is 10.2 Å². The van der Waals surface area contributed by atoms with E-state index in [0.29, 0.717) is 26.7 Å². The molecule has 0 bridgehead atoms. The number of hydrogen-bond acceptors (Lipinski definition) is 4. The van der Waals surface area contributed by atoms with Crippen molar-refractivity contribution in [2.24, 2.45) is 0 Å². The van der Waals surface area contributed by atoms with Gasteiger partial charge in [-0.3, -0.25) is 9.59 Å². The summed E-state index contributed by atoms with van der Waals surface area (Å²) in [6.45, 7) is 1.60. The van der Waals surface area contributed by atoms with Gasteiger partial charge in [0.1, 0.15) is 15.7 Å². The Morgan fingerprint density at radius 2 is 1.67 bits per heavy atom. The third kappa shape index (κ3) is 4.57. The zero-order valence-electron chi connectivity index (χ0n) is 16.4. The SMILES string of the molecule is O=C(Nc1ccc(C(=O)N2CCCCCC2)cc1)c1cnc(-c2ccccc2F)s1. The van der Waals surface area contributed by atoms with Crippen LogP contribution in [0.2, 0.25) is 0 Å². The molecule has 0 atom stereocenters. The summed E-state index contributed by atoms with van der Waals surface area (Å²) in [4.78, 5) is 31.7. The molecule has 30 heavy (non-hydrogen) atoms. The molecule has 1 fully saturated rings. The summed E-state index contributed by atoms with van der Waals surface area (Å²) in [5.41, 5.74) is 1.58. The minimum atomic E-state index is -0.372. The van der Waals surface area contributed by atoms with E-state index in [4.69, 9.17) is 0 Å². The first-order chi connectivity index (χ1) is 14.6. The number of thiazole rings is 1. The van der Waals surface area contributed by atoms with Crippen molar-refractivity contribution in [2.45, 2.75) is 25.7 Å².